The zero-order valence-electron chi connectivity index (χ0n) is 30.5. The summed E-state index contributed by atoms with van der Waals surface area (Å²) in [6.45, 7) is -0.506. The summed E-state index contributed by atoms with van der Waals surface area (Å²) in [5.74, 6) is -2.52. The quantitative estimate of drug-likeness (QED) is 0.118. The van der Waals surface area contributed by atoms with Gasteiger partial charge in [-0.15, -0.1) is 0 Å². The second kappa shape index (κ2) is 17.0. The standard InChI is InChI=1S/C40H36Cl2FN3O9S2/c1-54-28-17-20-30(21-18-28)56(50,51)46(36-11-6-4-9-33(36)42)39(40(48)49)31-24-29(55-2)19-22-37(31)57(52,53)45(35-10-5-3-8-32(35)41)25-38(47)44-23-7-12-34(44)26-13-15-27(43)16-14-26/h3-6,8-11,13-22,24,34,39H,7,12,23,25H2,1-2H3,(H,48,49). The molecule has 1 N–H and O–H groups in total. The third kappa shape index (κ3) is 8.37. The highest BCUT2D eigenvalue weighted by Crippen LogP contribution is 2.43. The van der Waals surface area contributed by atoms with Crippen LogP contribution in [0.1, 0.15) is 36.1 Å². The number of ether oxygens (including phenoxy) is 2. The van der Waals surface area contributed by atoms with Crippen molar-refractivity contribution in [3.63, 3.8) is 0 Å². The molecule has 1 fully saturated rings. The molecule has 1 heterocycles. The van der Waals surface area contributed by atoms with Gasteiger partial charge in [0.05, 0.1) is 51.5 Å². The Bertz CT molecular complexity index is 2510. The Morgan fingerprint density at radius 2 is 1.39 bits per heavy atom. The average Bonchev–Trinajstić information content (AvgIpc) is 3.70. The van der Waals surface area contributed by atoms with Crippen molar-refractivity contribution < 1.29 is 45.4 Å². The maximum atomic E-state index is 15.2. The number of hydrogen-bond donors (Lipinski definition) is 1. The van der Waals surface area contributed by atoms with Crippen molar-refractivity contribution in [1.29, 1.82) is 0 Å². The van der Waals surface area contributed by atoms with Gasteiger partial charge in [0.15, 0.2) is 6.04 Å². The Labute approximate surface area is 339 Å². The van der Waals surface area contributed by atoms with Crippen LogP contribution in [0.25, 0.3) is 0 Å². The van der Waals surface area contributed by atoms with Crippen LogP contribution in [0, 0.1) is 5.82 Å². The number of benzene rings is 5. The number of rotatable bonds is 14. The van der Waals surface area contributed by atoms with Gasteiger partial charge in [-0.1, -0.05) is 59.6 Å². The number of likely N-dealkylation sites (tertiary alicyclic amines) is 1. The molecule has 2 unspecified atom stereocenters. The van der Waals surface area contributed by atoms with E-state index in [4.69, 9.17) is 32.7 Å². The van der Waals surface area contributed by atoms with Crippen molar-refractivity contribution in [2.45, 2.75) is 34.7 Å². The normalized spacial score (nSPS) is 14.8. The minimum atomic E-state index is -5.01. The molecule has 2 atom stereocenters. The summed E-state index contributed by atoms with van der Waals surface area (Å²) >= 11 is 13.2. The van der Waals surface area contributed by atoms with Gasteiger partial charge in [0.25, 0.3) is 20.0 Å². The Morgan fingerprint density at radius 3 is 1.96 bits per heavy atom. The minimum Gasteiger partial charge on any atom is -0.497 e. The van der Waals surface area contributed by atoms with Crippen LogP contribution in [0.4, 0.5) is 15.8 Å². The maximum absolute atomic E-state index is 15.2. The first-order valence-electron chi connectivity index (χ1n) is 17.3. The highest BCUT2D eigenvalue weighted by molar-refractivity contribution is 7.93. The number of anilines is 2. The lowest BCUT2D eigenvalue weighted by Gasteiger charge is -2.34. The Kier molecular flexibility index (Phi) is 12.3. The molecule has 57 heavy (non-hydrogen) atoms. The first-order chi connectivity index (χ1) is 27.2. The SMILES string of the molecule is COc1ccc(S(=O)(=O)N(c2ccccc2Cl)C(C(=O)O)c2cc(OC)ccc2S(=O)(=O)N(CC(=O)N2CCCC2c2ccc(F)cc2)c2ccccc2Cl)cc1. The fourth-order valence-electron chi connectivity index (χ4n) is 6.74. The van der Waals surface area contributed by atoms with Crippen LogP contribution in [0.15, 0.2) is 125 Å². The summed E-state index contributed by atoms with van der Waals surface area (Å²) < 4.78 is 85.4. The van der Waals surface area contributed by atoms with E-state index in [9.17, 15) is 27.5 Å². The molecule has 298 valence electrons. The summed E-state index contributed by atoms with van der Waals surface area (Å²) in [7, 11) is -7.21. The summed E-state index contributed by atoms with van der Waals surface area (Å²) in [6.07, 6.45) is 1.13. The monoisotopic (exact) mass is 855 g/mol. The zero-order chi connectivity index (χ0) is 41.1. The van der Waals surface area contributed by atoms with Gasteiger partial charge in [-0.3, -0.25) is 9.10 Å². The van der Waals surface area contributed by atoms with Crippen molar-refractivity contribution in [2.75, 3.05) is 35.9 Å². The number of aliphatic carboxylic acids is 1. The van der Waals surface area contributed by atoms with E-state index >= 15 is 8.42 Å². The third-order valence-corrected chi connectivity index (χ3v) is 13.7. The number of carbonyl (C=O) groups is 2. The van der Waals surface area contributed by atoms with Crippen molar-refractivity contribution in [1.82, 2.24) is 4.90 Å². The molecule has 1 aliphatic rings. The molecule has 0 spiro atoms. The number of para-hydroxylation sites is 2. The molecule has 1 saturated heterocycles. The van der Waals surface area contributed by atoms with E-state index in [1.54, 1.807) is 18.2 Å². The number of methoxy groups -OCH3 is 2. The number of amides is 1. The van der Waals surface area contributed by atoms with E-state index in [0.717, 1.165) is 16.4 Å². The molecule has 0 saturated carbocycles. The first kappa shape index (κ1) is 41.3. The van der Waals surface area contributed by atoms with Crippen LogP contribution in [-0.2, 0) is 29.6 Å². The van der Waals surface area contributed by atoms with E-state index in [1.165, 1.54) is 104 Å². The fourth-order valence-corrected chi connectivity index (χ4v) is 10.6. The first-order valence-corrected chi connectivity index (χ1v) is 21.0. The number of nitrogens with zero attached hydrogens (tertiary/aromatic N) is 3. The van der Waals surface area contributed by atoms with E-state index < -0.39 is 66.8 Å². The predicted octanol–water partition coefficient (Wildman–Crippen LogP) is 7.73. The second-order valence-corrected chi connectivity index (χ2v) is 17.3. The average molecular weight is 857 g/mol. The number of hydrogen-bond acceptors (Lipinski definition) is 8. The van der Waals surface area contributed by atoms with E-state index in [-0.39, 0.29) is 38.6 Å². The van der Waals surface area contributed by atoms with E-state index in [0.29, 0.717) is 28.5 Å². The molecule has 17 heteroatoms. The maximum Gasteiger partial charge on any atom is 0.332 e. The highest BCUT2D eigenvalue weighted by atomic mass is 35.5. The summed E-state index contributed by atoms with van der Waals surface area (Å²) in [6, 6.07) is 23.0. The summed E-state index contributed by atoms with van der Waals surface area (Å²) in [5, 5.41) is 10.8. The molecule has 6 rings (SSSR count). The van der Waals surface area contributed by atoms with Gasteiger partial charge < -0.3 is 19.5 Å². The number of carboxylic acids is 1. The topological polar surface area (TPSA) is 151 Å². The second-order valence-electron chi connectivity index (χ2n) is 12.8. The minimum absolute atomic E-state index is 0.00395. The van der Waals surface area contributed by atoms with E-state index in [1.807, 2.05) is 0 Å². The molecule has 5 aromatic carbocycles. The van der Waals surface area contributed by atoms with Crippen LogP contribution >= 0.6 is 23.2 Å². The van der Waals surface area contributed by atoms with Gasteiger partial charge in [-0.2, -0.15) is 0 Å². The number of sulfonamides is 2. The molecular formula is C40H36Cl2FN3O9S2. The lowest BCUT2D eigenvalue weighted by Crippen LogP contribution is -2.44. The Morgan fingerprint density at radius 1 is 0.807 bits per heavy atom. The van der Waals surface area contributed by atoms with Gasteiger partial charge >= 0.3 is 5.97 Å². The highest BCUT2D eigenvalue weighted by Gasteiger charge is 2.43. The third-order valence-electron chi connectivity index (χ3n) is 9.48. The fraction of sp³-hybridized carbons (Fsp3) is 0.200. The van der Waals surface area contributed by atoms with Gasteiger partial charge in [-0.05, 0) is 97.3 Å². The van der Waals surface area contributed by atoms with Crippen LogP contribution in [0.5, 0.6) is 11.5 Å². The number of carboxylic acid groups (broad SMARTS) is 1. The van der Waals surface area contributed by atoms with Crippen LogP contribution in [-0.4, -0.2) is 66.0 Å². The molecule has 0 aromatic heterocycles. The zero-order valence-corrected chi connectivity index (χ0v) is 33.6. The van der Waals surface area contributed by atoms with Crippen molar-refractivity contribution >= 4 is 66.5 Å². The molecular weight excluding hydrogens is 820 g/mol. The lowest BCUT2D eigenvalue weighted by atomic mass is 10.0. The van der Waals surface area contributed by atoms with Gasteiger partial charge in [0, 0.05) is 12.1 Å². The smallest absolute Gasteiger partial charge is 0.332 e. The predicted molar refractivity (Wildman–Crippen MR) is 214 cm³/mol. The largest absolute Gasteiger partial charge is 0.497 e. The molecule has 1 amide bonds. The molecule has 1 aliphatic heterocycles. The molecule has 0 radical (unpaired) electrons. The molecule has 5 aromatic rings. The van der Waals surface area contributed by atoms with Crippen molar-refractivity contribution in [3.05, 3.63) is 142 Å². The van der Waals surface area contributed by atoms with Gasteiger partial charge in [0.2, 0.25) is 5.91 Å². The Balaban J connectivity index is 1.54. The van der Waals surface area contributed by atoms with Crippen LogP contribution in [0.2, 0.25) is 10.0 Å². The lowest BCUT2D eigenvalue weighted by molar-refractivity contribution is -0.138. The van der Waals surface area contributed by atoms with Crippen LogP contribution in [0.3, 0.4) is 0 Å². The summed E-state index contributed by atoms with van der Waals surface area (Å²) in [5.41, 5.74) is -0.248. The van der Waals surface area contributed by atoms with Crippen LogP contribution < -0.4 is 18.1 Å². The molecule has 12 nitrogen and oxygen atoms in total. The Hall–Kier alpha value is -5.35. The molecule has 0 bridgehead atoms. The molecule has 0 aliphatic carbocycles. The van der Waals surface area contributed by atoms with Gasteiger partial charge in [-0.25, -0.2) is 30.3 Å². The van der Waals surface area contributed by atoms with Crippen molar-refractivity contribution in [3.8, 4) is 11.5 Å². The van der Waals surface area contributed by atoms with Crippen molar-refractivity contribution in [2.24, 2.45) is 0 Å². The van der Waals surface area contributed by atoms with E-state index in [2.05, 4.69) is 0 Å². The number of halogens is 3. The van der Waals surface area contributed by atoms with Gasteiger partial charge in [0.1, 0.15) is 23.9 Å². The number of carbonyl (C=O) groups excluding carboxylic acids is 1. The summed E-state index contributed by atoms with van der Waals surface area (Å²) in [4.78, 5) is 28.3.